The quantitative estimate of drug-likeness (QED) is 0.230. The van der Waals surface area contributed by atoms with Gasteiger partial charge in [0.15, 0.2) is 17.5 Å². The Morgan fingerprint density at radius 3 is 2.50 bits per heavy atom. The predicted molar refractivity (Wildman–Crippen MR) is 128 cm³/mol. The lowest BCUT2D eigenvalue weighted by atomic mass is 10.1. The van der Waals surface area contributed by atoms with Crippen LogP contribution in [-0.4, -0.2) is 76.8 Å². The number of nitrogens with zero attached hydrogens (tertiary/aromatic N) is 3. The molecule has 1 aliphatic heterocycles. The highest BCUT2D eigenvalue weighted by atomic mass is 127. The van der Waals surface area contributed by atoms with Crippen molar-refractivity contribution in [2.24, 2.45) is 4.99 Å². The summed E-state index contributed by atoms with van der Waals surface area (Å²) in [4.78, 5) is 9.16. The number of hydrogen-bond acceptors (Lipinski definition) is 4. The Morgan fingerprint density at radius 2 is 1.86 bits per heavy atom. The molecule has 1 aromatic rings. The first-order valence-corrected chi connectivity index (χ1v) is 10.0. The van der Waals surface area contributed by atoms with Crippen LogP contribution >= 0.6 is 24.0 Å². The number of likely N-dealkylation sites (N-methyl/N-ethyl adjacent to an activating group) is 1. The first-order chi connectivity index (χ1) is 13.2. The van der Waals surface area contributed by atoms with Crippen LogP contribution < -0.4 is 14.8 Å². The highest BCUT2D eigenvalue weighted by molar-refractivity contribution is 14.0. The van der Waals surface area contributed by atoms with E-state index in [1.807, 2.05) is 19.2 Å². The Hall–Kier alpha value is -1.22. The molecule has 1 aromatic carbocycles. The molecule has 2 rings (SSSR count). The lowest BCUT2D eigenvalue weighted by Crippen LogP contribution is -2.40. The van der Waals surface area contributed by atoms with Gasteiger partial charge in [-0.25, -0.2) is 0 Å². The van der Waals surface area contributed by atoms with E-state index in [0.29, 0.717) is 0 Å². The van der Waals surface area contributed by atoms with Crippen molar-refractivity contribution in [3.63, 3.8) is 0 Å². The van der Waals surface area contributed by atoms with Crippen LogP contribution in [0.5, 0.6) is 11.5 Å². The number of halogens is 1. The molecule has 0 aromatic heterocycles. The van der Waals surface area contributed by atoms with Crippen LogP contribution in [0.2, 0.25) is 0 Å². The van der Waals surface area contributed by atoms with Gasteiger partial charge >= 0.3 is 0 Å². The minimum Gasteiger partial charge on any atom is -0.493 e. The maximum Gasteiger partial charge on any atom is 0.193 e. The Labute approximate surface area is 187 Å². The number of ether oxygens (including phenoxy) is 2. The molecule has 28 heavy (non-hydrogen) atoms. The molecule has 0 unspecified atom stereocenters. The number of guanidine groups is 1. The summed E-state index contributed by atoms with van der Waals surface area (Å²) < 4.78 is 10.7. The molecular formula is C21H37IN4O2. The highest BCUT2D eigenvalue weighted by Gasteiger charge is 2.11. The average Bonchev–Trinajstić information content (AvgIpc) is 3.22. The molecule has 0 aliphatic carbocycles. The minimum atomic E-state index is 0. The zero-order chi connectivity index (χ0) is 19.5. The average molecular weight is 504 g/mol. The van der Waals surface area contributed by atoms with Gasteiger partial charge in [0.25, 0.3) is 0 Å². The van der Waals surface area contributed by atoms with Gasteiger partial charge in [-0.05, 0) is 69.4 Å². The standard InChI is InChI=1S/C21H36N4O2.HI/c1-22-21(23-12-5-6-13-25-14-7-8-15-25)24(2)16-11-18-9-10-19(26-3)20(17-18)27-4;/h9-10,17H,5-8,11-16H2,1-4H3,(H,22,23);1H. The summed E-state index contributed by atoms with van der Waals surface area (Å²) >= 11 is 0. The lowest BCUT2D eigenvalue weighted by Gasteiger charge is -2.22. The molecule has 160 valence electrons. The molecule has 0 atom stereocenters. The minimum absolute atomic E-state index is 0. The summed E-state index contributed by atoms with van der Waals surface area (Å²) in [7, 11) is 7.26. The molecule has 0 saturated carbocycles. The maximum absolute atomic E-state index is 5.39. The van der Waals surface area contributed by atoms with Crippen LogP contribution in [0, 0.1) is 0 Å². The summed E-state index contributed by atoms with van der Waals surface area (Å²) in [6.07, 6.45) is 6.09. The second kappa shape index (κ2) is 13.9. The fraction of sp³-hybridized carbons (Fsp3) is 0.667. The second-order valence-corrected chi connectivity index (χ2v) is 7.09. The molecule has 1 N–H and O–H groups in total. The number of rotatable bonds is 10. The van der Waals surface area contributed by atoms with Gasteiger partial charge in [-0.1, -0.05) is 6.07 Å². The van der Waals surface area contributed by atoms with Gasteiger partial charge in [-0.2, -0.15) is 0 Å². The molecule has 1 fully saturated rings. The summed E-state index contributed by atoms with van der Waals surface area (Å²) in [6, 6.07) is 6.09. The smallest absolute Gasteiger partial charge is 0.193 e. The number of methoxy groups -OCH3 is 2. The summed E-state index contributed by atoms with van der Waals surface area (Å²) in [5.41, 5.74) is 1.22. The van der Waals surface area contributed by atoms with E-state index in [1.54, 1.807) is 14.2 Å². The van der Waals surface area contributed by atoms with Gasteiger partial charge < -0.3 is 24.6 Å². The fourth-order valence-corrected chi connectivity index (χ4v) is 3.49. The third-order valence-corrected chi connectivity index (χ3v) is 5.14. The molecule has 0 bridgehead atoms. The lowest BCUT2D eigenvalue weighted by molar-refractivity contribution is 0.330. The van der Waals surface area contributed by atoms with Crippen molar-refractivity contribution in [2.75, 3.05) is 61.0 Å². The zero-order valence-electron chi connectivity index (χ0n) is 17.9. The molecule has 0 radical (unpaired) electrons. The van der Waals surface area contributed by atoms with E-state index in [0.717, 1.165) is 37.0 Å². The summed E-state index contributed by atoms with van der Waals surface area (Å²) in [5.74, 6) is 2.50. The van der Waals surface area contributed by atoms with E-state index in [2.05, 4.69) is 33.2 Å². The maximum atomic E-state index is 5.39. The zero-order valence-corrected chi connectivity index (χ0v) is 20.2. The monoisotopic (exact) mass is 504 g/mol. The first kappa shape index (κ1) is 24.8. The van der Waals surface area contributed by atoms with E-state index in [1.165, 1.54) is 50.9 Å². The molecule has 7 heteroatoms. The van der Waals surface area contributed by atoms with Crippen LogP contribution in [0.1, 0.15) is 31.2 Å². The van der Waals surface area contributed by atoms with Gasteiger partial charge in [0, 0.05) is 27.2 Å². The normalized spacial score (nSPS) is 14.5. The van der Waals surface area contributed by atoms with Gasteiger partial charge in [0.2, 0.25) is 0 Å². The topological polar surface area (TPSA) is 49.3 Å². The van der Waals surface area contributed by atoms with Gasteiger partial charge in [0.1, 0.15) is 0 Å². The number of aliphatic imine (C=N–C) groups is 1. The molecule has 1 saturated heterocycles. The van der Waals surface area contributed by atoms with Crippen molar-refractivity contribution < 1.29 is 9.47 Å². The van der Waals surface area contributed by atoms with Gasteiger partial charge in [0.05, 0.1) is 14.2 Å². The van der Waals surface area contributed by atoms with E-state index in [9.17, 15) is 0 Å². The number of hydrogen-bond donors (Lipinski definition) is 1. The Bertz CT molecular complexity index is 592. The van der Waals surface area contributed by atoms with Crippen LogP contribution in [-0.2, 0) is 6.42 Å². The molecular weight excluding hydrogens is 467 g/mol. The van der Waals surface area contributed by atoms with E-state index < -0.39 is 0 Å². The van der Waals surface area contributed by atoms with Crippen molar-refractivity contribution >= 4 is 29.9 Å². The van der Waals surface area contributed by atoms with Gasteiger partial charge in [-0.15, -0.1) is 24.0 Å². The summed E-state index contributed by atoms with van der Waals surface area (Å²) in [5, 5.41) is 3.48. The Morgan fingerprint density at radius 1 is 1.14 bits per heavy atom. The number of unbranched alkanes of at least 4 members (excludes halogenated alkanes) is 1. The number of likely N-dealkylation sites (tertiary alicyclic amines) is 1. The van der Waals surface area contributed by atoms with E-state index >= 15 is 0 Å². The SMILES string of the molecule is CN=C(NCCCCN1CCCC1)N(C)CCc1ccc(OC)c(OC)c1.I. The van der Waals surface area contributed by atoms with Crippen LogP contribution in [0.25, 0.3) is 0 Å². The van der Waals surface area contributed by atoms with Crippen LogP contribution in [0.3, 0.4) is 0 Å². The Kier molecular flexibility index (Phi) is 12.3. The fourth-order valence-electron chi connectivity index (χ4n) is 3.49. The van der Waals surface area contributed by atoms with Crippen molar-refractivity contribution in [3.05, 3.63) is 23.8 Å². The van der Waals surface area contributed by atoms with E-state index in [-0.39, 0.29) is 24.0 Å². The molecule has 1 heterocycles. The Balaban J connectivity index is 0.00000392. The van der Waals surface area contributed by atoms with Crippen molar-refractivity contribution in [1.82, 2.24) is 15.1 Å². The van der Waals surface area contributed by atoms with Crippen molar-refractivity contribution in [1.29, 1.82) is 0 Å². The van der Waals surface area contributed by atoms with Crippen molar-refractivity contribution in [3.8, 4) is 11.5 Å². The third kappa shape index (κ3) is 8.03. The highest BCUT2D eigenvalue weighted by Crippen LogP contribution is 2.27. The molecule has 1 aliphatic rings. The second-order valence-electron chi connectivity index (χ2n) is 7.09. The van der Waals surface area contributed by atoms with Crippen molar-refractivity contribution in [2.45, 2.75) is 32.1 Å². The van der Waals surface area contributed by atoms with Crippen LogP contribution in [0.15, 0.2) is 23.2 Å². The summed E-state index contributed by atoms with van der Waals surface area (Å²) in [6.45, 7) is 5.67. The van der Waals surface area contributed by atoms with Crippen LogP contribution in [0.4, 0.5) is 0 Å². The molecule has 6 nitrogen and oxygen atoms in total. The van der Waals surface area contributed by atoms with Gasteiger partial charge in [-0.3, -0.25) is 4.99 Å². The largest absolute Gasteiger partial charge is 0.493 e. The number of nitrogens with one attached hydrogen (secondary N) is 1. The first-order valence-electron chi connectivity index (χ1n) is 10.0. The molecule has 0 amide bonds. The molecule has 0 spiro atoms. The predicted octanol–water partition coefficient (Wildman–Crippen LogP) is 3.25. The number of benzene rings is 1. The third-order valence-electron chi connectivity index (χ3n) is 5.14. The van der Waals surface area contributed by atoms with E-state index in [4.69, 9.17) is 9.47 Å².